The minimum absolute atomic E-state index is 0.00807. The molecule has 0 aromatic heterocycles. The second-order valence-electron chi connectivity index (χ2n) is 4.70. The van der Waals surface area contributed by atoms with E-state index in [-0.39, 0.29) is 31.4 Å². The molecule has 0 rings (SSSR count). The lowest BCUT2D eigenvalue weighted by atomic mass is 10.3. The Morgan fingerprint density at radius 3 is 2.20 bits per heavy atom. The van der Waals surface area contributed by atoms with Crippen LogP contribution in [0.2, 0.25) is 0 Å². The van der Waals surface area contributed by atoms with Crippen LogP contribution in [-0.4, -0.2) is 72.5 Å². The molecule has 0 saturated carbocycles. The van der Waals surface area contributed by atoms with E-state index in [9.17, 15) is 14.4 Å². The number of nitrogens with zero attached hydrogens (tertiary/aromatic N) is 2. The maximum Gasteiger partial charge on any atom is 0.317 e. The topological polar surface area (TPSA) is 90.0 Å². The van der Waals surface area contributed by atoms with E-state index < -0.39 is 5.97 Å². The minimum Gasteiger partial charge on any atom is -0.480 e. The van der Waals surface area contributed by atoms with Gasteiger partial charge in [-0.2, -0.15) is 0 Å². The summed E-state index contributed by atoms with van der Waals surface area (Å²) >= 11 is 0. The minimum atomic E-state index is -0.963. The molecular weight excluding hydrogens is 262 g/mol. The van der Waals surface area contributed by atoms with E-state index in [1.54, 1.807) is 11.9 Å². The molecule has 0 unspecified atom stereocenters. The summed E-state index contributed by atoms with van der Waals surface area (Å²) in [7, 11) is 1.54. The number of carbonyl (C=O) groups excluding carboxylic acids is 2. The van der Waals surface area contributed by atoms with Crippen molar-refractivity contribution >= 4 is 17.8 Å². The average molecular weight is 287 g/mol. The lowest BCUT2D eigenvalue weighted by Crippen LogP contribution is -2.44. The monoisotopic (exact) mass is 287 g/mol. The molecule has 0 bridgehead atoms. The number of likely N-dealkylation sites (N-methyl/N-ethyl adjacent to an activating group) is 1. The fourth-order valence-electron chi connectivity index (χ4n) is 1.66. The van der Waals surface area contributed by atoms with Crippen molar-refractivity contribution in [2.24, 2.45) is 0 Å². The van der Waals surface area contributed by atoms with Crippen LogP contribution in [0.25, 0.3) is 0 Å². The second kappa shape index (κ2) is 10.2. The zero-order valence-electron chi connectivity index (χ0n) is 12.5. The molecule has 0 aromatic rings. The van der Waals surface area contributed by atoms with Crippen molar-refractivity contribution in [2.75, 3.05) is 39.8 Å². The highest BCUT2D eigenvalue weighted by molar-refractivity contribution is 5.85. The first-order chi connectivity index (χ1) is 9.40. The number of hydrogen-bond donors (Lipinski definition) is 2. The molecule has 2 N–H and O–H groups in total. The molecule has 2 amide bonds. The Hall–Kier alpha value is -1.63. The smallest absolute Gasteiger partial charge is 0.317 e. The van der Waals surface area contributed by atoms with Gasteiger partial charge in [-0.3, -0.25) is 19.3 Å². The van der Waals surface area contributed by atoms with Gasteiger partial charge in [0.15, 0.2) is 0 Å². The van der Waals surface area contributed by atoms with Gasteiger partial charge in [0.2, 0.25) is 11.8 Å². The first-order valence-corrected chi connectivity index (χ1v) is 6.85. The highest BCUT2D eigenvalue weighted by Gasteiger charge is 2.17. The number of aliphatic carboxylic acids is 1. The fourth-order valence-corrected chi connectivity index (χ4v) is 1.66. The van der Waals surface area contributed by atoms with Crippen LogP contribution in [0, 0.1) is 0 Å². The van der Waals surface area contributed by atoms with E-state index in [0.717, 1.165) is 12.8 Å². The maximum absolute atomic E-state index is 11.9. The molecule has 0 saturated heterocycles. The molecule has 0 aromatic carbocycles. The SMILES string of the molecule is CCCNC(=O)CN(C)C(=O)CN(CCC)CC(=O)O. The van der Waals surface area contributed by atoms with Gasteiger partial charge < -0.3 is 15.3 Å². The van der Waals surface area contributed by atoms with Crippen LogP contribution in [0.5, 0.6) is 0 Å². The largest absolute Gasteiger partial charge is 0.480 e. The van der Waals surface area contributed by atoms with E-state index in [1.165, 1.54) is 4.90 Å². The second-order valence-corrected chi connectivity index (χ2v) is 4.70. The predicted molar refractivity (Wildman–Crippen MR) is 75.3 cm³/mol. The van der Waals surface area contributed by atoms with Crippen LogP contribution >= 0.6 is 0 Å². The molecule has 0 aliphatic carbocycles. The van der Waals surface area contributed by atoms with Gasteiger partial charge in [-0.15, -0.1) is 0 Å². The third-order valence-electron chi connectivity index (χ3n) is 2.64. The van der Waals surface area contributed by atoms with E-state index in [4.69, 9.17) is 5.11 Å². The number of carboxylic acid groups (broad SMARTS) is 1. The first kappa shape index (κ1) is 18.4. The van der Waals surface area contributed by atoms with E-state index >= 15 is 0 Å². The number of rotatable bonds is 10. The molecule has 0 aliphatic heterocycles. The molecule has 0 spiro atoms. The zero-order chi connectivity index (χ0) is 15.5. The highest BCUT2D eigenvalue weighted by Crippen LogP contribution is 1.95. The van der Waals surface area contributed by atoms with Gasteiger partial charge in [-0.1, -0.05) is 13.8 Å². The quantitative estimate of drug-likeness (QED) is 0.579. The molecule has 0 heterocycles. The van der Waals surface area contributed by atoms with E-state index in [1.807, 2.05) is 13.8 Å². The Kier molecular flexibility index (Phi) is 9.36. The Morgan fingerprint density at radius 2 is 1.70 bits per heavy atom. The van der Waals surface area contributed by atoms with Gasteiger partial charge in [-0.05, 0) is 19.4 Å². The standard InChI is InChI=1S/C13H25N3O4/c1-4-6-14-11(17)8-15(3)12(18)9-16(7-5-2)10-13(19)20/h4-10H2,1-3H3,(H,14,17)(H,19,20). The summed E-state index contributed by atoms with van der Waals surface area (Å²) in [6, 6.07) is 0. The molecule has 7 nitrogen and oxygen atoms in total. The maximum atomic E-state index is 11.9. The van der Waals surface area contributed by atoms with Crippen LogP contribution in [0.1, 0.15) is 26.7 Å². The van der Waals surface area contributed by atoms with Crippen molar-refractivity contribution < 1.29 is 19.5 Å². The molecule has 0 fully saturated rings. The van der Waals surface area contributed by atoms with Gasteiger partial charge in [0.25, 0.3) is 0 Å². The summed E-state index contributed by atoms with van der Waals surface area (Å²) in [5.74, 6) is -1.43. The van der Waals surface area contributed by atoms with Crippen molar-refractivity contribution in [1.29, 1.82) is 0 Å². The number of carbonyl (C=O) groups is 3. The van der Waals surface area contributed by atoms with Gasteiger partial charge in [0.1, 0.15) is 0 Å². The molecule has 116 valence electrons. The predicted octanol–water partition coefficient (Wildman–Crippen LogP) is -0.232. The summed E-state index contributed by atoms with van der Waals surface area (Å²) < 4.78 is 0. The molecular formula is C13H25N3O4. The normalized spacial score (nSPS) is 10.4. The fraction of sp³-hybridized carbons (Fsp3) is 0.769. The summed E-state index contributed by atoms with van der Waals surface area (Å²) in [6.45, 7) is 4.82. The van der Waals surface area contributed by atoms with Gasteiger partial charge in [0, 0.05) is 13.6 Å². The van der Waals surface area contributed by atoms with Crippen LogP contribution < -0.4 is 5.32 Å². The van der Waals surface area contributed by atoms with Crippen LogP contribution in [-0.2, 0) is 14.4 Å². The van der Waals surface area contributed by atoms with Gasteiger partial charge >= 0.3 is 5.97 Å². The van der Waals surface area contributed by atoms with E-state index in [2.05, 4.69) is 5.32 Å². The average Bonchev–Trinajstić information content (AvgIpc) is 2.35. The molecule has 7 heteroatoms. The summed E-state index contributed by atoms with van der Waals surface area (Å²) in [5.41, 5.74) is 0. The Morgan fingerprint density at radius 1 is 1.05 bits per heavy atom. The Bertz CT molecular complexity index is 334. The number of amides is 2. The first-order valence-electron chi connectivity index (χ1n) is 6.85. The summed E-state index contributed by atoms with van der Waals surface area (Å²) in [5, 5.41) is 11.5. The van der Waals surface area contributed by atoms with Crippen molar-refractivity contribution in [3.63, 3.8) is 0 Å². The summed E-state index contributed by atoms with van der Waals surface area (Å²) in [4.78, 5) is 37.0. The third-order valence-corrected chi connectivity index (χ3v) is 2.64. The van der Waals surface area contributed by atoms with Crippen LogP contribution in [0.15, 0.2) is 0 Å². The van der Waals surface area contributed by atoms with E-state index in [0.29, 0.717) is 13.1 Å². The summed E-state index contributed by atoms with van der Waals surface area (Å²) in [6.07, 6.45) is 1.60. The number of nitrogens with one attached hydrogen (secondary N) is 1. The highest BCUT2D eigenvalue weighted by atomic mass is 16.4. The Balaban J connectivity index is 4.26. The van der Waals surface area contributed by atoms with Crippen LogP contribution in [0.4, 0.5) is 0 Å². The lowest BCUT2D eigenvalue weighted by Gasteiger charge is -2.23. The van der Waals surface area contributed by atoms with Crippen molar-refractivity contribution in [1.82, 2.24) is 15.1 Å². The third kappa shape index (κ3) is 8.47. The van der Waals surface area contributed by atoms with Crippen molar-refractivity contribution in [3.8, 4) is 0 Å². The zero-order valence-corrected chi connectivity index (χ0v) is 12.5. The Labute approximate surface area is 119 Å². The van der Waals surface area contributed by atoms with Crippen molar-refractivity contribution in [3.05, 3.63) is 0 Å². The lowest BCUT2D eigenvalue weighted by molar-refractivity contribution is -0.140. The molecule has 0 aliphatic rings. The van der Waals surface area contributed by atoms with Crippen molar-refractivity contribution in [2.45, 2.75) is 26.7 Å². The molecule has 20 heavy (non-hydrogen) atoms. The van der Waals surface area contributed by atoms with Gasteiger partial charge in [-0.25, -0.2) is 0 Å². The van der Waals surface area contributed by atoms with Crippen LogP contribution in [0.3, 0.4) is 0 Å². The van der Waals surface area contributed by atoms with Gasteiger partial charge in [0.05, 0.1) is 19.6 Å². The number of carboxylic acids is 1. The molecule has 0 atom stereocenters. The number of hydrogen-bond acceptors (Lipinski definition) is 4. The molecule has 0 radical (unpaired) electrons.